The lowest BCUT2D eigenvalue weighted by Crippen LogP contribution is -2.46. The molecule has 1 atom stereocenters. The highest BCUT2D eigenvalue weighted by Crippen LogP contribution is 2.16. The third kappa shape index (κ3) is 3.08. The number of rotatable bonds is 3. The molecule has 1 aromatic heterocycles. The first-order valence-electron chi connectivity index (χ1n) is 5.71. The molecule has 6 heteroatoms. The van der Waals surface area contributed by atoms with Crippen molar-refractivity contribution < 1.29 is 12.8 Å². The van der Waals surface area contributed by atoms with Crippen LogP contribution in [0.15, 0.2) is 16.7 Å². The van der Waals surface area contributed by atoms with Crippen LogP contribution in [0.25, 0.3) is 0 Å². The first-order chi connectivity index (χ1) is 8.00. The van der Waals surface area contributed by atoms with Gasteiger partial charge in [-0.15, -0.1) is 0 Å². The first kappa shape index (κ1) is 12.6. The van der Waals surface area contributed by atoms with Gasteiger partial charge in [-0.25, -0.2) is 8.42 Å². The van der Waals surface area contributed by atoms with Gasteiger partial charge in [0.15, 0.2) is 9.84 Å². The largest absolute Gasteiger partial charge is 0.468 e. The Bertz CT molecular complexity index is 481. The number of nitrogens with two attached hydrogens (primary N) is 1. The Morgan fingerprint density at radius 1 is 1.59 bits per heavy atom. The second-order valence-electron chi connectivity index (χ2n) is 4.56. The summed E-state index contributed by atoms with van der Waals surface area (Å²) in [6.07, 6.45) is 1.65. The van der Waals surface area contributed by atoms with Crippen molar-refractivity contribution in [1.29, 1.82) is 0 Å². The quantitative estimate of drug-likeness (QED) is 0.847. The van der Waals surface area contributed by atoms with E-state index in [2.05, 4.69) is 4.90 Å². The number of sulfone groups is 1. The molecule has 1 aliphatic heterocycles. The van der Waals surface area contributed by atoms with Gasteiger partial charge in [0.05, 0.1) is 24.3 Å². The van der Waals surface area contributed by atoms with E-state index < -0.39 is 9.84 Å². The van der Waals surface area contributed by atoms with Gasteiger partial charge < -0.3 is 10.2 Å². The van der Waals surface area contributed by atoms with Gasteiger partial charge in [-0.3, -0.25) is 4.90 Å². The standard InChI is InChI=1S/C11H18N2O3S/c1-9-8-17(14,15)3-2-13(9)6-11-4-10(5-12)7-16-11/h4,7,9H,2-3,5-6,8,12H2,1H3. The van der Waals surface area contributed by atoms with Crippen molar-refractivity contribution in [2.24, 2.45) is 5.73 Å². The molecule has 1 fully saturated rings. The molecule has 0 amide bonds. The minimum Gasteiger partial charge on any atom is -0.468 e. The highest BCUT2D eigenvalue weighted by molar-refractivity contribution is 7.91. The lowest BCUT2D eigenvalue weighted by molar-refractivity contribution is 0.201. The van der Waals surface area contributed by atoms with Gasteiger partial charge in [-0.1, -0.05) is 0 Å². The minimum absolute atomic E-state index is 0.0418. The van der Waals surface area contributed by atoms with Crippen LogP contribution in [0.1, 0.15) is 18.2 Å². The van der Waals surface area contributed by atoms with E-state index in [0.29, 0.717) is 19.6 Å². The van der Waals surface area contributed by atoms with Crippen LogP contribution in [0.2, 0.25) is 0 Å². The van der Waals surface area contributed by atoms with Gasteiger partial charge in [0.25, 0.3) is 0 Å². The molecule has 0 aliphatic carbocycles. The zero-order valence-electron chi connectivity index (χ0n) is 9.93. The summed E-state index contributed by atoms with van der Waals surface area (Å²) in [6.45, 7) is 3.62. The molecule has 5 nitrogen and oxygen atoms in total. The predicted molar refractivity (Wildman–Crippen MR) is 65.1 cm³/mol. The Labute approximate surface area is 101 Å². The predicted octanol–water partition coefficient (Wildman–Crippen LogP) is 0.357. The Morgan fingerprint density at radius 3 is 2.94 bits per heavy atom. The molecule has 96 valence electrons. The van der Waals surface area contributed by atoms with E-state index in [4.69, 9.17) is 10.2 Å². The number of hydrogen-bond donors (Lipinski definition) is 1. The second kappa shape index (κ2) is 4.80. The fourth-order valence-electron chi connectivity index (χ4n) is 2.08. The maximum absolute atomic E-state index is 11.4. The maximum Gasteiger partial charge on any atom is 0.153 e. The lowest BCUT2D eigenvalue weighted by Gasteiger charge is -2.32. The van der Waals surface area contributed by atoms with Crippen LogP contribution in [0, 0.1) is 0 Å². The van der Waals surface area contributed by atoms with Gasteiger partial charge in [0.1, 0.15) is 5.76 Å². The van der Waals surface area contributed by atoms with Crippen LogP contribution in [-0.2, 0) is 22.9 Å². The van der Waals surface area contributed by atoms with Crippen molar-refractivity contribution in [3.8, 4) is 0 Å². The normalized spacial score (nSPS) is 24.9. The van der Waals surface area contributed by atoms with Crippen molar-refractivity contribution in [3.05, 3.63) is 23.7 Å². The van der Waals surface area contributed by atoms with Crippen LogP contribution < -0.4 is 5.73 Å². The molecule has 1 aliphatic rings. The monoisotopic (exact) mass is 258 g/mol. The van der Waals surface area contributed by atoms with E-state index in [1.165, 1.54) is 0 Å². The third-order valence-corrected chi connectivity index (χ3v) is 4.91. The fraction of sp³-hybridized carbons (Fsp3) is 0.636. The van der Waals surface area contributed by atoms with Crippen LogP contribution in [0.3, 0.4) is 0 Å². The number of furan rings is 1. The summed E-state index contributed by atoms with van der Waals surface area (Å²) in [7, 11) is -2.85. The van der Waals surface area contributed by atoms with E-state index in [-0.39, 0.29) is 17.5 Å². The summed E-state index contributed by atoms with van der Waals surface area (Å²) < 4.78 is 28.3. The Morgan fingerprint density at radius 2 is 2.35 bits per heavy atom. The molecule has 1 saturated heterocycles. The molecule has 0 spiro atoms. The van der Waals surface area contributed by atoms with E-state index in [1.807, 2.05) is 13.0 Å². The van der Waals surface area contributed by atoms with Crippen molar-refractivity contribution >= 4 is 9.84 Å². The van der Waals surface area contributed by atoms with E-state index >= 15 is 0 Å². The topological polar surface area (TPSA) is 76.5 Å². The molecule has 0 aromatic carbocycles. The Hall–Kier alpha value is -0.850. The summed E-state index contributed by atoms with van der Waals surface area (Å²) in [5.41, 5.74) is 6.48. The summed E-state index contributed by atoms with van der Waals surface area (Å²) in [4.78, 5) is 2.13. The molecular weight excluding hydrogens is 240 g/mol. The SMILES string of the molecule is CC1CS(=O)(=O)CCN1Cc1cc(CN)co1. The van der Waals surface area contributed by atoms with Crippen molar-refractivity contribution in [3.63, 3.8) is 0 Å². The van der Waals surface area contributed by atoms with Gasteiger partial charge in [0, 0.05) is 24.7 Å². The molecule has 1 unspecified atom stereocenters. The molecule has 1 aromatic rings. The summed E-state index contributed by atoms with van der Waals surface area (Å²) >= 11 is 0. The minimum atomic E-state index is -2.85. The zero-order chi connectivity index (χ0) is 12.5. The third-order valence-electron chi connectivity index (χ3n) is 3.11. The van der Waals surface area contributed by atoms with Crippen LogP contribution in [0.4, 0.5) is 0 Å². The maximum atomic E-state index is 11.4. The molecule has 0 saturated carbocycles. The molecule has 2 N–H and O–H groups in total. The Balaban J connectivity index is 2.00. The average Bonchev–Trinajstić information content (AvgIpc) is 2.69. The van der Waals surface area contributed by atoms with E-state index in [9.17, 15) is 8.42 Å². The van der Waals surface area contributed by atoms with Crippen LogP contribution >= 0.6 is 0 Å². The Kier molecular flexibility index (Phi) is 3.56. The van der Waals surface area contributed by atoms with Crippen molar-refractivity contribution in [2.75, 3.05) is 18.1 Å². The lowest BCUT2D eigenvalue weighted by atomic mass is 10.2. The van der Waals surface area contributed by atoms with Crippen molar-refractivity contribution in [1.82, 2.24) is 4.90 Å². The molecule has 0 radical (unpaired) electrons. The van der Waals surface area contributed by atoms with Crippen molar-refractivity contribution in [2.45, 2.75) is 26.1 Å². The molecule has 0 bridgehead atoms. The second-order valence-corrected chi connectivity index (χ2v) is 6.79. The van der Waals surface area contributed by atoms with Gasteiger partial charge in [0.2, 0.25) is 0 Å². The summed E-state index contributed by atoms with van der Waals surface area (Å²) in [5.74, 6) is 1.32. The number of hydrogen-bond acceptors (Lipinski definition) is 5. The van der Waals surface area contributed by atoms with E-state index in [1.54, 1.807) is 6.26 Å². The molecular formula is C11H18N2O3S. The van der Waals surface area contributed by atoms with Gasteiger partial charge in [-0.05, 0) is 13.0 Å². The zero-order valence-corrected chi connectivity index (χ0v) is 10.7. The molecule has 2 heterocycles. The summed E-state index contributed by atoms with van der Waals surface area (Å²) in [6, 6.07) is 1.97. The number of nitrogens with zero attached hydrogens (tertiary/aromatic N) is 1. The van der Waals surface area contributed by atoms with Gasteiger partial charge >= 0.3 is 0 Å². The fourth-order valence-corrected chi connectivity index (χ4v) is 3.71. The highest BCUT2D eigenvalue weighted by Gasteiger charge is 2.28. The highest BCUT2D eigenvalue weighted by atomic mass is 32.2. The van der Waals surface area contributed by atoms with E-state index in [0.717, 1.165) is 11.3 Å². The smallest absolute Gasteiger partial charge is 0.153 e. The van der Waals surface area contributed by atoms with Crippen LogP contribution in [-0.4, -0.2) is 37.4 Å². The summed E-state index contributed by atoms with van der Waals surface area (Å²) in [5, 5.41) is 0. The average molecular weight is 258 g/mol. The molecule has 2 rings (SSSR count). The first-order valence-corrected chi connectivity index (χ1v) is 7.53. The van der Waals surface area contributed by atoms with Crippen LogP contribution in [0.5, 0.6) is 0 Å². The molecule has 17 heavy (non-hydrogen) atoms. The van der Waals surface area contributed by atoms with Gasteiger partial charge in [-0.2, -0.15) is 0 Å².